The van der Waals surface area contributed by atoms with Gasteiger partial charge in [-0.05, 0) is 73.2 Å². The van der Waals surface area contributed by atoms with Crippen molar-refractivity contribution in [3.05, 3.63) is 120 Å². The van der Waals surface area contributed by atoms with Gasteiger partial charge >= 0.3 is 0 Å². The highest BCUT2D eigenvalue weighted by molar-refractivity contribution is 6.32. The molecule has 208 valence electrons. The van der Waals surface area contributed by atoms with Crippen molar-refractivity contribution in [2.24, 2.45) is 5.73 Å². The standard InChI is InChI=1S/C31H26ClFN4O4/c1-17-11-18(2)23(12-19(17)16-41-28-10-9-20(33)13-25(28)32)29-24(15-34)31(35)36(26-7-4-8-27(38)30(26)29)21-5-3-6-22(14-21)37(39)40/h3,5-6,9-14,29H,4,7-8,16,35H2,1-2H3. The van der Waals surface area contributed by atoms with Crippen LogP contribution in [0.25, 0.3) is 0 Å². The van der Waals surface area contributed by atoms with Crippen LogP contribution in [0.4, 0.5) is 15.8 Å². The highest BCUT2D eigenvalue weighted by Gasteiger charge is 2.41. The van der Waals surface area contributed by atoms with Gasteiger partial charge in [-0.3, -0.25) is 19.8 Å². The average molecular weight is 573 g/mol. The Balaban J connectivity index is 1.63. The second-order valence-electron chi connectivity index (χ2n) is 10.1. The summed E-state index contributed by atoms with van der Waals surface area (Å²) in [6.45, 7) is 3.96. The van der Waals surface area contributed by atoms with E-state index in [0.29, 0.717) is 42.0 Å². The smallest absolute Gasteiger partial charge is 0.271 e. The summed E-state index contributed by atoms with van der Waals surface area (Å²) in [6.07, 6.45) is 1.43. The zero-order chi connectivity index (χ0) is 29.4. The molecule has 1 atom stereocenters. The van der Waals surface area contributed by atoms with E-state index in [4.69, 9.17) is 22.1 Å². The van der Waals surface area contributed by atoms with Crippen LogP contribution in [-0.4, -0.2) is 10.7 Å². The number of anilines is 1. The maximum absolute atomic E-state index is 13.5. The first-order chi connectivity index (χ1) is 19.6. The quantitative estimate of drug-likeness (QED) is 0.252. The van der Waals surface area contributed by atoms with E-state index in [1.165, 1.54) is 30.3 Å². The normalized spacial score (nSPS) is 16.9. The third kappa shape index (κ3) is 5.14. The summed E-state index contributed by atoms with van der Waals surface area (Å²) < 4.78 is 19.4. The number of ketones is 1. The van der Waals surface area contributed by atoms with E-state index >= 15 is 0 Å². The molecule has 5 rings (SSSR count). The zero-order valence-corrected chi connectivity index (χ0v) is 23.2. The number of nitrogens with zero attached hydrogens (tertiary/aromatic N) is 3. The van der Waals surface area contributed by atoms with Gasteiger partial charge in [0.2, 0.25) is 0 Å². The molecule has 0 amide bonds. The second kappa shape index (κ2) is 11.1. The molecule has 0 aromatic heterocycles. The minimum absolute atomic E-state index is 0.0946. The van der Waals surface area contributed by atoms with E-state index in [1.807, 2.05) is 26.0 Å². The molecule has 3 aromatic rings. The van der Waals surface area contributed by atoms with E-state index < -0.39 is 16.7 Å². The van der Waals surface area contributed by atoms with Crippen molar-refractivity contribution in [2.75, 3.05) is 4.90 Å². The van der Waals surface area contributed by atoms with Gasteiger partial charge in [0.05, 0.1) is 33.2 Å². The molecule has 0 saturated heterocycles. The van der Waals surface area contributed by atoms with Crippen LogP contribution in [0.3, 0.4) is 0 Å². The predicted octanol–water partition coefficient (Wildman–Crippen LogP) is 6.89. The van der Waals surface area contributed by atoms with Crippen molar-refractivity contribution in [1.82, 2.24) is 0 Å². The topological polar surface area (TPSA) is 122 Å². The summed E-state index contributed by atoms with van der Waals surface area (Å²) >= 11 is 6.14. The number of non-ortho nitro benzene ring substituents is 1. The summed E-state index contributed by atoms with van der Waals surface area (Å²) in [7, 11) is 0. The van der Waals surface area contributed by atoms with Crippen molar-refractivity contribution in [3.63, 3.8) is 0 Å². The number of rotatable bonds is 6. The SMILES string of the molecule is Cc1cc(C)c(C2C(C#N)=C(N)N(c3cccc([N+](=O)[O-])c3)C3=C2C(=O)CCC3)cc1COc1ccc(F)cc1Cl. The number of hydrogen-bond donors (Lipinski definition) is 1. The molecule has 2 aliphatic rings. The fourth-order valence-corrected chi connectivity index (χ4v) is 5.79. The molecule has 0 spiro atoms. The van der Waals surface area contributed by atoms with E-state index in [0.717, 1.165) is 22.3 Å². The number of Topliss-reactive ketones (excluding diaryl/α,β-unsaturated/α-hetero) is 1. The Kier molecular flexibility index (Phi) is 7.52. The Morgan fingerprint density at radius 3 is 2.66 bits per heavy atom. The minimum atomic E-state index is -0.716. The molecule has 2 N–H and O–H groups in total. The molecule has 0 fully saturated rings. The van der Waals surface area contributed by atoms with Gasteiger partial charge in [-0.2, -0.15) is 5.26 Å². The Hall–Kier alpha value is -4.68. The van der Waals surface area contributed by atoms with Gasteiger partial charge in [0.1, 0.15) is 24.0 Å². The summed E-state index contributed by atoms with van der Waals surface area (Å²) in [4.78, 5) is 26.1. The number of nitrogens with two attached hydrogens (primary N) is 1. The van der Waals surface area contributed by atoms with E-state index in [2.05, 4.69) is 6.07 Å². The number of carbonyl (C=O) groups excluding carboxylic acids is 1. The van der Waals surface area contributed by atoms with Crippen LogP contribution in [0.1, 0.15) is 47.4 Å². The number of nitro benzene ring substituents is 1. The Morgan fingerprint density at radius 2 is 1.95 bits per heavy atom. The van der Waals surface area contributed by atoms with Gasteiger partial charge in [0.25, 0.3) is 5.69 Å². The molecular weight excluding hydrogens is 547 g/mol. The molecule has 0 bridgehead atoms. The number of aryl methyl sites for hydroxylation is 2. The summed E-state index contributed by atoms with van der Waals surface area (Å²) in [5.74, 6) is -0.826. The summed E-state index contributed by atoms with van der Waals surface area (Å²) in [5, 5.41) is 22.0. The Labute approximate surface area is 241 Å². The van der Waals surface area contributed by atoms with E-state index in [9.17, 15) is 24.6 Å². The van der Waals surface area contributed by atoms with Gasteiger partial charge in [-0.1, -0.05) is 29.8 Å². The molecule has 1 heterocycles. The van der Waals surface area contributed by atoms with Crippen molar-refractivity contribution in [2.45, 2.75) is 45.6 Å². The fraction of sp³-hybridized carbons (Fsp3) is 0.226. The molecule has 1 aliphatic carbocycles. The second-order valence-corrected chi connectivity index (χ2v) is 10.5. The van der Waals surface area contributed by atoms with Crippen molar-refractivity contribution < 1.29 is 18.8 Å². The molecule has 3 aromatic carbocycles. The number of hydrogen-bond acceptors (Lipinski definition) is 7. The molecule has 10 heteroatoms. The fourth-order valence-electron chi connectivity index (χ4n) is 5.57. The molecule has 1 unspecified atom stereocenters. The van der Waals surface area contributed by atoms with Gasteiger partial charge < -0.3 is 10.5 Å². The number of ether oxygens (including phenoxy) is 1. The molecule has 0 saturated carbocycles. The lowest BCUT2D eigenvalue weighted by Crippen LogP contribution is -2.39. The maximum Gasteiger partial charge on any atom is 0.271 e. The van der Waals surface area contributed by atoms with Gasteiger partial charge in [0, 0.05) is 29.8 Å². The number of nitriles is 1. The molecule has 0 radical (unpaired) electrons. The molecule has 1 aliphatic heterocycles. The van der Waals surface area contributed by atoms with Crippen LogP contribution < -0.4 is 15.4 Å². The number of carbonyl (C=O) groups is 1. The zero-order valence-electron chi connectivity index (χ0n) is 22.4. The average Bonchev–Trinajstić information content (AvgIpc) is 2.93. The Morgan fingerprint density at radius 1 is 1.17 bits per heavy atom. The molecule has 41 heavy (non-hydrogen) atoms. The van der Waals surface area contributed by atoms with Crippen LogP contribution in [-0.2, 0) is 11.4 Å². The lowest BCUT2D eigenvalue weighted by molar-refractivity contribution is -0.384. The number of benzene rings is 3. The molecular formula is C31H26ClFN4O4. The lowest BCUT2D eigenvalue weighted by Gasteiger charge is -2.40. The highest BCUT2D eigenvalue weighted by atomic mass is 35.5. The highest BCUT2D eigenvalue weighted by Crippen LogP contribution is 2.47. The maximum atomic E-state index is 13.5. The van der Waals surface area contributed by atoms with E-state index in [1.54, 1.807) is 17.0 Å². The first-order valence-corrected chi connectivity index (χ1v) is 13.4. The van der Waals surface area contributed by atoms with Gasteiger partial charge in [-0.25, -0.2) is 4.39 Å². The van der Waals surface area contributed by atoms with Crippen LogP contribution in [0, 0.1) is 41.1 Å². The van der Waals surface area contributed by atoms with Crippen molar-refractivity contribution >= 4 is 28.8 Å². The van der Waals surface area contributed by atoms with Crippen molar-refractivity contribution in [3.8, 4) is 11.8 Å². The van der Waals surface area contributed by atoms with Gasteiger partial charge in [0.15, 0.2) is 5.78 Å². The van der Waals surface area contributed by atoms with Crippen LogP contribution in [0.2, 0.25) is 5.02 Å². The largest absolute Gasteiger partial charge is 0.487 e. The lowest BCUT2D eigenvalue weighted by atomic mass is 9.74. The number of nitro groups is 1. The summed E-state index contributed by atoms with van der Waals surface area (Å²) in [6, 6.07) is 16.0. The predicted molar refractivity (Wildman–Crippen MR) is 153 cm³/mol. The Bertz CT molecular complexity index is 1710. The minimum Gasteiger partial charge on any atom is -0.487 e. The van der Waals surface area contributed by atoms with E-state index in [-0.39, 0.29) is 34.5 Å². The van der Waals surface area contributed by atoms with Crippen LogP contribution >= 0.6 is 11.6 Å². The van der Waals surface area contributed by atoms with Gasteiger partial charge in [-0.15, -0.1) is 0 Å². The van der Waals surface area contributed by atoms with Crippen molar-refractivity contribution in [1.29, 1.82) is 5.26 Å². The number of allylic oxidation sites excluding steroid dienone is 3. The molecule has 8 nitrogen and oxygen atoms in total. The number of halogens is 2. The van der Waals surface area contributed by atoms with Crippen LogP contribution in [0.5, 0.6) is 5.75 Å². The third-order valence-electron chi connectivity index (χ3n) is 7.52. The first-order valence-electron chi connectivity index (χ1n) is 13.0. The third-order valence-corrected chi connectivity index (χ3v) is 7.82. The monoisotopic (exact) mass is 572 g/mol. The summed E-state index contributed by atoms with van der Waals surface area (Å²) in [5.41, 5.74) is 11.6. The van der Waals surface area contributed by atoms with Crippen LogP contribution in [0.15, 0.2) is 77.3 Å². The first kappa shape index (κ1) is 27.9.